The van der Waals surface area contributed by atoms with Crippen molar-refractivity contribution in [1.29, 1.82) is 0 Å². The standard InChI is InChI=1S/C17H32N2O2/c1-12-7-6-8-13(2)19(12)15-9-14(10-18-11-15)16(20)21-17(3,4)5/h12-15,18H,6-11H2,1-5H3/t12-,13+,14-,15+/m1/s1. The number of carbonyl (C=O) groups excluding carboxylic acids is 1. The number of hydrogen-bond donors (Lipinski definition) is 1. The highest BCUT2D eigenvalue weighted by atomic mass is 16.6. The van der Waals surface area contributed by atoms with E-state index >= 15 is 0 Å². The summed E-state index contributed by atoms with van der Waals surface area (Å²) in [5, 5.41) is 3.45. The zero-order valence-electron chi connectivity index (χ0n) is 14.3. The Labute approximate surface area is 129 Å². The monoisotopic (exact) mass is 296 g/mol. The number of rotatable bonds is 2. The Balaban J connectivity index is 1.98. The van der Waals surface area contributed by atoms with Gasteiger partial charge >= 0.3 is 5.97 Å². The Morgan fingerprint density at radius 3 is 2.33 bits per heavy atom. The van der Waals surface area contributed by atoms with Crippen molar-refractivity contribution >= 4 is 5.97 Å². The summed E-state index contributed by atoms with van der Waals surface area (Å²) in [6.45, 7) is 12.2. The van der Waals surface area contributed by atoms with E-state index in [2.05, 4.69) is 24.1 Å². The molecule has 0 aromatic heterocycles. The van der Waals surface area contributed by atoms with E-state index in [1.54, 1.807) is 0 Å². The van der Waals surface area contributed by atoms with Crippen LogP contribution in [0.3, 0.4) is 0 Å². The van der Waals surface area contributed by atoms with E-state index in [-0.39, 0.29) is 11.9 Å². The fourth-order valence-electron chi connectivity index (χ4n) is 3.87. The van der Waals surface area contributed by atoms with Crippen molar-refractivity contribution in [3.05, 3.63) is 0 Å². The summed E-state index contributed by atoms with van der Waals surface area (Å²) in [4.78, 5) is 15.0. The average Bonchev–Trinajstić information content (AvgIpc) is 2.37. The van der Waals surface area contributed by atoms with Gasteiger partial charge in [0.15, 0.2) is 0 Å². The molecule has 0 bridgehead atoms. The number of nitrogens with zero attached hydrogens (tertiary/aromatic N) is 1. The summed E-state index contributed by atoms with van der Waals surface area (Å²) < 4.78 is 5.57. The molecule has 2 fully saturated rings. The van der Waals surface area contributed by atoms with Crippen molar-refractivity contribution in [2.24, 2.45) is 5.92 Å². The summed E-state index contributed by atoms with van der Waals surface area (Å²) in [6.07, 6.45) is 4.81. The van der Waals surface area contributed by atoms with Crippen molar-refractivity contribution in [2.45, 2.75) is 84.0 Å². The fourth-order valence-corrected chi connectivity index (χ4v) is 3.87. The maximum Gasteiger partial charge on any atom is 0.310 e. The van der Waals surface area contributed by atoms with Crippen LogP contribution < -0.4 is 5.32 Å². The smallest absolute Gasteiger partial charge is 0.310 e. The molecule has 2 rings (SSSR count). The van der Waals surface area contributed by atoms with Crippen LogP contribution in [-0.4, -0.2) is 47.7 Å². The van der Waals surface area contributed by atoms with Crippen molar-refractivity contribution in [1.82, 2.24) is 10.2 Å². The topological polar surface area (TPSA) is 41.6 Å². The van der Waals surface area contributed by atoms with Crippen LogP contribution in [0.5, 0.6) is 0 Å². The van der Waals surface area contributed by atoms with Crippen LogP contribution in [0.15, 0.2) is 0 Å². The maximum atomic E-state index is 12.3. The van der Waals surface area contributed by atoms with Crippen molar-refractivity contribution < 1.29 is 9.53 Å². The van der Waals surface area contributed by atoms with Crippen molar-refractivity contribution in [2.75, 3.05) is 13.1 Å². The first-order valence-electron chi connectivity index (χ1n) is 8.49. The second-order valence-electron chi connectivity index (χ2n) is 7.85. The number of ether oxygens (including phenoxy) is 1. The van der Waals surface area contributed by atoms with Crippen molar-refractivity contribution in [3.63, 3.8) is 0 Å². The number of likely N-dealkylation sites (tertiary alicyclic amines) is 1. The predicted octanol–water partition coefficient (Wildman–Crippen LogP) is 2.57. The molecule has 0 saturated carbocycles. The molecule has 2 aliphatic rings. The molecular weight excluding hydrogens is 264 g/mol. The Bertz CT molecular complexity index is 354. The van der Waals surface area contributed by atoms with Crippen LogP contribution in [0, 0.1) is 5.92 Å². The van der Waals surface area contributed by atoms with E-state index in [1.807, 2.05) is 20.8 Å². The summed E-state index contributed by atoms with van der Waals surface area (Å²) in [7, 11) is 0. The van der Waals surface area contributed by atoms with Crippen LogP contribution in [0.2, 0.25) is 0 Å². The second kappa shape index (κ2) is 6.66. The summed E-state index contributed by atoms with van der Waals surface area (Å²) in [6, 6.07) is 1.71. The minimum atomic E-state index is -0.393. The molecule has 2 saturated heterocycles. The van der Waals surface area contributed by atoms with Crippen LogP contribution in [-0.2, 0) is 9.53 Å². The van der Waals surface area contributed by atoms with E-state index in [0.29, 0.717) is 18.1 Å². The van der Waals surface area contributed by atoms with Crippen LogP contribution in [0.4, 0.5) is 0 Å². The third-order valence-electron chi connectivity index (χ3n) is 4.75. The summed E-state index contributed by atoms with van der Waals surface area (Å²) in [5.74, 6) is -0.0543. The van der Waals surface area contributed by atoms with E-state index in [4.69, 9.17) is 4.74 Å². The number of nitrogens with one attached hydrogen (secondary N) is 1. The zero-order chi connectivity index (χ0) is 15.6. The minimum Gasteiger partial charge on any atom is -0.460 e. The molecule has 0 aliphatic carbocycles. The van der Waals surface area contributed by atoms with Gasteiger partial charge < -0.3 is 10.1 Å². The Kier molecular flexibility index (Phi) is 5.31. The van der Waals surface area contributed by atoms with Gasteiger partial charge in [-0.1, -0.05) is 6.42 Å². The number of carbonyl (C=O) groups is 1. The molecule has 0 aromatic rings. The van der Waals surface area contributed by atoms with Gasteiger partial charge in [-0.3, -0.25) is 9.69 Å². The zero-order valence-corrected chi connectivity index (χ0v) is 14.3. The molecule has 0 aromatic carbocycles. The molecule has 2 aliphatic heterocycles. The molecule has 4 heteroatoms. The summed E-state index contributed by atoms with van der Waals surface area (Å²) >= 11 is 0. The van der Waals surface area contributed by atoms with Gasteiger partial charge in [0.05, 0.1) is 5.92 Å². The molecule has 122 valence electrons. The fraction of sp³-hybridized carbons (Fsp3) is 0.941. The molecule has 0 amide bonds. The van der Waals surface area contributed by atoms with Crippen LogP contribution in [0.25, 0.3) is 0 Å². The lowest BCUT2D eigenvalue weighted by Gasteiger charge is -2.46. The quantitative estimate of drug-likeness (QED) is 0.795. The van der Waals surface area contributed by atoms with Gasteiger partial charge in [-0.15, -0.1) is 0 Å². The predicted molar refractivity (Wildman–Crippen MR) is 85.2 cm³/mol. The molecule has 0 unspecified atom stereocenters. The molecule has 4 atom stereocenters. The summed E-state index contributed by atoms with van der Waals surface area (Å²) in [5.41, 5.74) is -0.393. The van der Waals surface area contributed by atoms with Gasteiger partial charge in [-0.05, 0) is 53.9 Å². The second-order valence-corrected chi connectivity index (χ2v) is 7.85. The van der Waals surface area contributed by atoms with Gasteiger partial charge in [0.25, 0.3) is 0 Å². The average molecular weight is 296 g/mol. The molecule has 2 heterocycles. The Morgan fingerprint density at radius 2 is 1.76 bits per heavy atom. The highest BCUT2D eigenvalue weighted by molar-refractivity contribution is 5.73. The van der Waals surface area contributed by atoms with E-state index in [9.17, 15) is 4.79 Å². The normalized spacial score (nSPS) is 35.5. The molecule has 4 nitrogen and oxygen atoms in total. The number of esters is 1. The van der Waals surface area contributed by atoms with Gasteiger partial charge in [-0.25, -0.2) is 0 Å². The minimum absolute atomic E-state index is 0.00991. The van der Waals surface area contributed by atoms with Gasteiger partial charge in [0, 0.05) is 31.2 Å². The lowest BCUT2D eigenvalue weighted by atomic mass is 9.89. The van der Waals surface area contributed by atoms with E-state index < -0.39 is 5.60 Å². The molecule has 0 radical (unpaired) electrons. The van der Waals surface area contributed by atoms with Gasteiger partial charge in [-0.2, -0.15) is 0 Å². The molecule has 0 spiro atoms. The number of piperidine rings is 2. The maximum absolute atomic E-state index is 12.3. The van der Waals surface area contributed by atoms with Crippen LogP contribution >= 0.6 is 0 Å². The van der Waals surface area contributed by atoms with Crippen LogP contribution in [0.1, 0.15) is 60.3 Å². The van der Waals surface area contributed by atoms with Gasteiger partial charge in [0.2, 0.25) is 0 Å². The SMILES string of the molecule is C[C@@H]1CCC[C@H](C)N1[C@@H]1CNC[C@H](C(=O)OC(C)(C)C)C1. The highest BCUT2D eigenvalue weighted by Gasteiger charge is 2.37. The third-order valence-corrected chi connectivity index (χ3v) is 4.75. The molecule has 1 N–H and O–H groups in total. The molecule has 21 heavy (non-hydrogen) atoms. The molecular formula is C17H32N2O2. The first kappa shape index (κ1) is 16.8. The largest absolute Gasteiger partial charge is 0.460 e. The highest BCUT2D eigenvalue weighted by Crippen LogP contribution is 2.29. The van der Waals surface area contributed by atoms with Gasteiger partial charge in [0.1, 0.15) is 5.60 Å². The first-order valence-corrected chi connectivity index (χ1v) is 8.49. The Morgan fingerprint density at radius 1 is 1.14 bits per heavy atom. The van der Waals surface area contributed by atoms with E-state index in [1.165, 1.54) is 19.3 Å². The first-order chi connectivity index (χ1) is 9.78. The Hall–Kier alpha value is -0.610. The van der Waals surface area contributed by atoms with E-state index in [0.717, 1.165) is 19.5 Å². The third kappa shape index (κ3) is 4.43. The van der Waals surface area contributed by atoms with Crippen molar-refractivity contribution in [3.8, 4) is 0 Å². The lowest BCUT2D eigenvalue weighted by Crippen LogP contribution is -2.57. The lowest BCUT2D eigenvalue weighted by molar-refractivity contribution is -0.161. The number of hydrogen-bond acceptors (Lipinski definition) is 4.